The highest BCUT2D eigenvalue weighted by Gasteiger charge is 2.18. The summed E-state index contributed by atoms with van der Waals surface area (Å²) in [6.07, 6.45) is 0. The predicted octanol–water partition coefficient (Wildman–Crippen LogP) is 11.9. The van der Waals surface area contributed by atoms with Crippen LogP contribution < -0.4 is 0 Å². The van der Waals surface area contributed by atoms with Crippen LogP contribution in [0.1, 0.15) is 0 Å². The second-order valence-corrected chi connectivity index (χ2v) is 12.4. The topological polar surface area (TPSA) is 51.8 Å². The maximum Gasteiger partial charge on any atom is 0.164 e. The molecule has 0 aliphatic carbocycles. The SMILES string of the molecule is c1ccc(-c2nc(-c3cccc4ccccc34)nc(-c3ccc(-c4ccc5oc6ccc7ccccc7c6c5c4)c4ccccc34)n2)cc1. The first-order valence-electron chi connectivity index (χ1n) is 16.4. The molecule has 4 nitrogen and oxygen atoms in total. The molecule has 0 N–H and O–H groups in total. The second kappa shape index (κ2) is 11.0. The van der Waals surface area contributed by atoms with E-state index in [1.54, 1.807) is 0 Å². The van der Waals surface area contributed by atoms with Crippen molar-refractivity contribution < 1.29 is 4.42 Å². The summed E-state index contributed by atoms with van der Waals surface area (Å²) in [6, 6.07) is 56.9. The van der Waals surface area contributed by atoms with Gasteiger partial charge in [-0.05, 0) is 67.7 Å². The third-order valence-corrected chi connectivity index (χ3v) is 9.53. The molecule has 0 bridgehead atoms. The van der Waals surface area contributed by atoms with E-state index in [-0.39, 0.29) is 0 Å². The third-order valence-electron chi connectivity index (χ3n) is 9.53. The zero-order valence-corrected chi connectivity index (χ0v) is 26.3. The van der Waals surface area contributed by atoms with Gasteiger partial charge >= 0.3 is 0 Å². The Morgan fingerprint density at radius 3 is 1.69 bits per heavy atom. The molecule has 0 unspecified atom stereocenters. The molecule has 8 aromatic carbocycles. The monoisotopic (exact) mass is 625 g/mol. The first-order valence-corrected chi connectivity index (χ1v) is 16.4. The van der Waals surface area contributed by atoms with Gasteiger partial charge < -0.3 is 4.42 Å². The van der Waals surface area contributed by atoms with Crippen LogP contribution in [0.2, 0.25) is 0 Å². The minimum atomic E-state index is 0.641. The Morgan fingerprint density at radius 1 is 0.327 bits per heavy atom. The van der Waals surface area contributed by atoms with Crippen molar-refractivity contribution in [2.24, 2.45) is 0 Å². The van der Waals surface area contributed by atoms with Crippen molar-refractivity contribution >= 4 is 54.3 Å². The van der Waals surface area contributed by atoms with E-state index in [0.29, 0.717) is 17.5 Å². The van der Waals surface area contributed by atoms with Gasteiger partial charge in [-0.2, -0.15) is 0 Å². The minimum absolute atomic E-state index is 0.641. The third kappa shape index (κ3) is 4.49. The van der Waals surface area contributed by atoms with Crippen LogP contribution in [0.3, 0.4) is 0 Å². The molecule has 0 saturated carbocycles. The van der Waals surface area contributed by atoms with Gasteiger partial charge in [0.2, 0.25) is 0 Å². The van der Waals surface area contributed by atoms with Crippen molar-refractivity contribution in [1.82, 2.24) is 15.0 Å². The molecule has 0 amide bonds. The van der Waals surface area contributed by atoms with E-state index in [4.69, 9.17) is 19.4 Å². The Balaban J connectivity index is 1.18. The lowest BCUT2D eigenvalue weighted by Gasteiger charge is -2.14. The fourth-order valence-electron chi connectivity index (χ4n) is 7.21. The average molecular weight is 626 g/mol. The largest absolute Gasteiger partial charge is 0.456 e. The van der Waals surface area contributed by atoms with E-state index in [1.165, 1.54) is 10.8 Å². The van der Waals surface area contributed by atoms with Crippen LogP contribution in [-0.4, -0.2) is 15.0 Å². The Labute approximate surface area is 282 Å². The van der Waals surface area contributed by atoms with E-state index < -0.39 is 0 Å². The highest BCUT2D eigenvalue weighted by Crippen LogP contribution is 2.40. The lowest BCUT2D eigenvalue weighted by molar-refractivity contribution is 0.669. The molecule has 10 aromatic rings. The van der Waals surface area contributed by atoms with Crippen molar-refractivity contribution in [2.75, 3.05) is 0 Å². The summed E-state index contributed by atoms with van der Waals surface area (Å²) in [6.45, 7) is 0. The first kappa shape index (κ1) is 27.5. The molecule has 0 aliphatic heterocycles. The summed E-state index contributed by atoms with van der Waals surface area (Å²) in [5, 5.41) is 9.12. The summed E-state index contributed by atoms with van der Waals surface area (Å²) in [5.74, 6) is 1.94. The number of furan rings is 1. The van der Waals surface area contributed by atoms with Gasteiger partial charge in [0.25, 0.3) is 0 Å². The maximum absolute atomic E-state index is 6.32. The van der Waals surface area contributed by atoms with Gasteiger partial charge in [-0.1, -0.05) is 140 Å². The lowest BCUT2D eigenvalue weighted by atomic mass is 9.93. The number of benzene rings is 8. The molecule has 0 spiro atoms. The normalized spacial score (nSPS) is 11.7. The van der Waals surface area contributed by atoms with Crippen LogP contribution >= 0.6 is 0 Å². The molecule has 10 rings (SSSR count). The molecule has 2 aromatic heterocycles. The Hall–Kier alpha value is -6.65. The fourth-order valence-corrected chi connectivity index (χ4v) is 7.21. The van der Waals surface area contributed by atoms with Gasteiger partial charge in [-0.15, -0.1) is 0 Å². The molecule has 228 valence electrons. The van der Waals surface area contributed by atoms with E-state index in [0.717, 1.165) is 71.3 Å². The molecule has 0 saturated heterocycles. The number of nitrogens with zero attached hydrogens (tertiary/aromatic N) is 3. The average Bonchev–Trinajstić information content (AvgIpc) is 3.56. The van der Waals surface area contributed by atoms with Crippen LogP contribution in [0.15, 0.2) is 168 Å². The summed E-state index contributed by atoms with van der Waals surface area (Å²) in [7, 11) is 0. The highest BCUT2D eigenvalue weighted by atomic mass is 16.3. The molecule has 0 radical (unpaired) electrons. The minimum Gasteiger partial charge on any atom is -0.456 e. The Kier molecular flexibility index (Phi) is 6.15. The standard InChI is InChI=1S/C45H27N3O/c1-2-13-30(14-3-1)43-46-44(37-20-10-15-28-11-4-6-16-32(28)37)48-45(47-43)38-24-23-33(35-18-8-9-19-36(35)38)31-22-25-40-39(27-31)42-34-17-7-5-12-29(34)21-26-41(42)49-40/h1-27H. The predicted molar refractivity (Wildman–Crippen MR) is 201 cm³/mol. The van der Waals surface area contributed by atoms with Gasteiger partial charge in [0.15, 0.2) is 17.5 Å². The van der Waals surface area contributed by atoms with Crippen LogP contribution in [0.25, 0.3) is 99.5 Å². The molecule has 49 heavy (non-hydrogen) atoms. The van der Waals surface area contributed by atoms with Gasteiger partial charge in [0.05, 0.1) is 0 Å². The Morgan fingerprint density at radius 2 is 0.898 bits per heavy atom. The van der Waals surface area contributed by atoms with E-state index in [1.807, 2.05) is 30.3 Å². The van der Waals surface area contributed by atoms with Crippen LogP contribution in [0.5, 0.6) is 0 Å². The summed E-state index contributed by atoms with van der Waals surface area (Å²) in [4.78, 5) is 15.3. The number of rotatable bonds is 4. The van der Waals surface area contributed by atoms with E-state index in [2.05, 4.69) is 133 Å². The van der Waals surface area contributed by atoms with Gasteiger partial charge in [0, 0.05) is 27.5 Å². The quantitative estimate of drug-likeness (QED) is 0.195. The maximum atomic E-state index is 6.32. The highest BCUT2D eigenvalue weighted by molar-refractivity contribution is 6.19. The van der Waals surface area contributed by atoms with E-state index in [9.17, 15) is 0 Å². The van der Waals surface area contributed by atoms with Crippen molar-refractivity contribution in [3.8, 4) is 45.3 Å². The van der Waals surface area contributed by atoms with Crippen molar-refractivity contribution in [2.45, 2.75) is 0 Å². The van der Waals surface area contributed by atoms with Crippen LogP contribution in [0.4, 0.5) is 0 Å². The van der Waals surface area contributed by atoms with E-state index >= 15 is 0 Å². The zero-order chi connectivity index (χ0) is 32.3. The smallest absolute Gasteiger partial charge is 0.164 e. The molecule has 4 heteroatoms. The van der Waals surface area contributed by atoms with Crippen LogP contribution in [0, 0.1) is 0 Å². The number of hydrogen-bond donors (Lipinski definition) is 0. The van der Waals surface area contributed by atoms with Gasteiger partial charge in [-0.3, -0.25) is 0 Å². The van der Waals surface area contributed by atoms with Crippen LogP contribution in [-0.2, 0) is 0 Å². The molecule has 0 fully saturated rings. The lowest BCUT2D eigenvalue weighted by Crippen LogP contribution is -2.01. The molecule has 0 atom stereocenters. The Bertz CT molecular complexity index is 2890. The second-order valence-electron chi connectivity index (χ2n) is 12.4. The molecular weight excluding hydrogens is 599 g/mol. The number of fused-ring (bicyclic) bond motifs is 7. The molecule has 2 heterocycles. The van der Waals surface area contributed by atoms with Crippen molar-refractivity contribution in [3.05, 3.63) is 164 Å². The summed E-state index contributed by atoms with van der Waals surface area (Å²) < 4.78 is 6.32. The summed E-state index contributed by atoms with van der Waals surface area (Å²) in [5.41, 5.74) is 6.94. The van der Waals surface area contributed by atoms with Crippen molar-refractivity contribution in [3.63, 3.8) is 0 Å². The van der Waals surface area contributed by atoms with Gasteiger partial charge in [0.1, 0.15) is 11.2 Å². The molecule has 0 aliphatic rings. The van der Waals surface area contributed by atoms with Gasteiger partial charge in [-0.25, -0.2) is 15.0 Å². The fraction of sp³-hybridized carbons (Fsp3) is 0. The number of aromatic nitrogens is 3. The zero-order valence-electron chi connectivity index (χ0n) is 26.3. The first-order chi connectivity index (χ1) is 24.3. The van der Waals surface area contributed by atoms with Crippen molar-refractivity contribution in [1.29, 1.82) is 0 Å². The number of hydrogen-bond acceptors (Lipinski definition) is 4. The molecular formula is C45H27N3O. The summed E-state index contributed by atoms with van der Waals surface area (Å²) >= 11 is 0.